The van der Waals surface area contributed by atoms with E-state index in [1.54, 1.807) is 73.6 Å². The van der Waals surface area contributed by atoms with Gasteiger partial charge in [-0.3, -0.25) is 38.9 Å². The third-order valence-corrected chi connectivity index (χ3v) is 8.56. The van der Waals surface area contributed by atoms with E-state index in [0.717, 1.165) is 0 Å². The van der Waals surface area contributed by atoms with Gasteiger partial charge in [-0.15, -0.1) is 0 Å². The van der Waals surface area contributed by atoms with Crippen LogP contribution < -0.4 is 22.1 Å². The first-order valence-electron chi connectivity index (χ1n) is 16.6. The predicted octanol–water partition coefficient (Wildman–Crippen LogP) is 7.03. The molecule has 8 aromatic rings. The van der Waals surface area contributed by atoms with Crippen molar-refractivity contribution >= 4 is 79.8 Å². The molecule has 8 rings (SSSR count). The summed E-state index contributed by atoms with van der Waals surface area (Å²) in [6, 6.07) is 19.0. The third kappa shape index (κ3) is 8.51. The van der Waals surface area contributed by atoms with E-state index in [4.69, 9.17) is 34.7 Å². The molecule has 6 heterocycles. The normalized spacial score (nSPS) is 10.9. The summed E-state index contributed by atoms with van der Waals surface area (Å²) in [7, 11) is 0. The highest BCUT2D eigenvalue weighted by molar-refractivity contribution is 6.31. The second-order valence-electron chi connectivity index (χ2n) is 12.1. The number of benzene rings is 2. The van der Waals surface area contributed by atoms with E-state index in [-0.39, 0.29) is 13.1 Å². The summed E-state index contributed by atoms with van der Waals surface area (Å²) in [6.45, 7) is -0.109. The number of fused-ring (bicyclic) bond motifs is 2. The van der Waals surface area contributed by atoms with Gasteiger partial charge in [0, 0.05) is 57.3 Å². The van der Waals surface area contributed by atoms with Gasteiger partial charge in [0.25, 0.3) is 0 Å². The Balaban J connectivity index is 0.000000172. The number of anilines is 4. The van der Waals surface area contributed by atoms with Crippen molar-refractivity contribution in [2.24, 2.45) is 11.5 Å². The minimum absolute atomic E-state index is 0.0384. The lowest BCUT2D eigenvalue weighted by atomic mass is 10.1. The number of amides is 2. The lowest BCUT2D eigenvalue weighted by molar-refractivity contribution is -0.119. The van der Waals surface area contributed by atoms with E-state index >= 15 is 0 Å². The van der Waals surface area contributed by atoms with E-state index in [9.17, 15) is 18.4 Å². The molecule has 56 heavy (non-hydrogen) atoms. The van der Waals surface area contributed by atoms with Crippen LogP contribution in [0.25, 0.3) is 44.6 Å². The van der Waals surface area contributed by atoms with Crippen molar-refractivity contribution in [3.8, 4) is 22.5 Å². The molecule has 0 aliphatic heterocycles. The molecule has 0 fully saturated rings. The zero-order valence-electron chi connectivity index (χ0n) is 28.9. The molecule has 0 spiro atoms. The molecule has 280 valence electrons. The van der Waals surface area contributed by atoms with Gasteiger partial charge in [-0.05, 0) is 72.8 Å². The second kappa shape index (κ2) is 16.1. The number of halogens is 4. The minimum atomic E-state index is -0.512. The van der Waals surface area contributed by atoms with Gasteiger partial charge in [0.05, 0.1) is 35.2 Å². The van der Waals surface area contributed by atoms with Gasteiger partial charge in [-0.1, -0.05) is 23.2 Å². The average molecular weight is 794 g/mol. The SMILES string of the molecule is NC(=O)Cn1cc2nccc(Nc3ccnc(-c4cc(Cl)ccc4F)c3)c2n1.NC(=O)Cn1ncc2nccc(Nc3ccnc(-c4cc(Cl)ccc4F)c3)c21. The van der Waals surface area contributed by atoms with Gasteiger partial charge in [0.1, 0.15) is 46.8 Å². The number of rotatable bonds is 10. The zero-order chi connectivity index (χ0) is 39.3. The molecule has 2 amide bonds. The molecule has 0 bridgehead atoms. The average Bonchev–Trinajstić information content (AvgIpc) is 3.78. The molecule has 0 aliphatic rings. The fourth-order valence-electron chi connectivity index (χ4n) is 5.71. The van der Waals surface area contributed by atoms with Crippen molar-refractivity contribution < 1.29 is 18.4 Å². The molecule has 0 saturated heterocycles. The van der Waals surface area contributed by atoms with Crippen LogP contribution in [0.4, 0.5) is 31.5 Å². The Morgan fingerprint density at radius 3 is 1.79 bits per heavy atom. The van der Waals surface area contributed by atoms with Crippen molar-refractivity contribution in [2.75, 3.05) is 10.6 Å². The maximum Gasteiger partial charge on any atom is 0.239 e. The van der Waals surface area contributed by atoms with E-state index < -0.39 is 23.4 Å². The molecule has 0 saturated carbocycles. The number of pyridine rings is 4. The van der Waals surface area contributed by atoms with Crippen LogP contribution in [0, 0.1) is 11.6 Å². The van der Waals surface area contributed by atoms with Crippen LogP contribution in [-0.2, 0) is 22.7 Å². The van der Waals surface area contributed by atoms with E-state index in [0.29, 0.717) is 77.4 Å². The number of hydrogen-bond acceptors (Lipinski definition) is 10. The Bertz CT molecular complexity index is 2750. The standard InChI is InChI=1S/2C19H14ClFN6O/c20-11-1-2-14(21)13(7-11)16-8-12(3-5-23-16)25-15-4-6-24-17-9-27(10-18(22)28)26-19(15)17;20-11-1-2-14(21)13(7-11)16-8-12(3-5-23-16)26-15-4-6-24-17-9-25-27(19(15)17)10-18(22)28/h1-9H,10H2,(H2,22,28)(H,23,25);1-9H,10H2,(H2,22,28)(H,23,24,26). The van der Waals surface area contributed by atoms with E-state index in [1.807, 2.05) is 0 Å². The molecule has 2 aromatic carbocycles. The Labute approximate surface area is 326 Å². The van der Waals surface area contributed by atoms with Crippen molar-refractivity contribution in [3.05, 3.63) is 132 Å². The summed E-state index contributed by atoms with van der Waals surface area (Å²) in [5, 5.41) is 15.8. The number of nitrogens with two attached hydrogens (primary N) is 2. The smallest absolute Gasteiger partial charge is 0.239 e. The van der Waals surface area contributed by atoms with Crippen LogP contribution in [0.5, 0.6) is 0 Å². The van der Waals surface area contributed by atoms with Crippen LogP contribution >= 0.6 is 23.2 Å². The molecule has 0 aliphatic carbocycles. The van der Waals surface area contributed by atoms with Crippen LogP contribution in [0.2, 0.25) is 10.0 Å². The molecule has 0 radical (unpaired) electrons. The summed E-state index contributed by atoms with van der Waals surface area (Å²) in [5.41, 5.74) is 17.1. The molecule has 6 N–H and O–H groups in total. The number of primary amides is 2. The fraction of sp³-hybridized carbons (Fsp3) is 0.0526. The molecular formula is C38H28Cl2F2N12O2. The summed E-state index contributed by atoms with van der Waals surface area (Å²) in [4.78, 5) is 39.4. The number of hydrogen-bond donors (Lipinski definition) is 4. The first kappa shape index (κ1) is 37.3. The topological polar surface area (TPSA) is 197 Å². The minimum Gasteiger partial charge on any atom is -0.368 e. The van der Waals surface area contributed by atoms with Gasteiger partial charge in [-0.25, -0.2) is 8.78 Å². The highest BCUT2D eigenvalue weighted by atomic mass is 35.5. The number of nitrogens with zero attached hydrogens (tertiary/aromatic N) is 8. The van der Waals surface area contributed by atoms with Crippen molar-refractivity contribution in [1.29, 1.82) is 0 Å². The second-order valence-corrected chi connectivity index (χ2v) is 13.0. The quantitative estimate of drug-likeness (QED) is 0.112. The van der Waals surface area contributed by atoms with Gasteiger partial charge in [0.15, 0.2) is 0 Å². The lowest BCUT2D eigenvalue weighted by Crippen LogP contribution is -2.19. The molecule has 6 aromatic heterocycles. The number of aromatic nitrogens is 8. The van der Waals surface area contributed by atoms with Crippen molar-refractivity contribution in [2.45, 2.75) is 13.1 Å². The first-order valence-corrected chi connectivity index (χ1v) is 17.3. The molecule has 18 heteroatoms. The number of carbonyl (C=O) groups excluding carboxylic acids is 2. The largest absolute Gasteiger partial charge is 0.368 e. The van der Waals surface area contributed by atoms with Gasteiger partial charge < -0.3 is 22.1 Å². The summed E-state index contributed by atoms with van der Waals surface area (Å²) >= 11 is 12.0. The first-order chi connectivity index (χ1) is 27.0. The predicted molar refractivity (Wildman–Crippen MR) is 209 cm³/mol. The van der Waals surface area contributed by atoms with Gasteiger partial charge in [-0.2, -0.15) is 10.2 Å². The Kier molecular flexibility index (Phi) is 10.7. The summed E-state index contributed by atoms with van der Waals surface area (Å²) in [6.07, 6.45) is 9.59. The maximum absolute atomic E-state index is 14.2. The van der Waals surface area contributed by atoms with Crippen LogP contribution in [0.15, 0.2) is 110 Å². The molecule has 0 unspecified atom stereocenters. The molecule has 14 nitrogen and oxygen atoms in total. The van der Waals surface area contributed by atoms with Crippen LogP contribution in [0.1, 0.15) is 0 Å². The molecular weight excluding hydrogens is 765 g/mol. The third-order valence-electron chi connectivity index (χ3n) is 8.09. The number of nitrogens with one attached hydrogen (secondary N) is 2. The van der Waals surface area contributed by atoms with Crippen LogP contribution in [-0.4, -0.2) is 51.3 Å². The summed E-state index contributed by atoms with van der Waals surface area (Å²) in [5.74, 6) is -1.84. The summed E-state index contributed by atoms with van der Waals surface area (Å²) < 4.78 is 31.2. The van der Waals surface area contributed by atoms with Crippen molar-refractivity contribution in [3.63, 3.8) is 0 Å². The monoisotopic (exact) mass is 792 g/mol. The Hall–Kier alpha value is -7.04. The van der Waals surface area contributed by atoms with E-state index in [1.165, 1.54) is 45.8 Å². The Morgan fingerprint density at radius 2 is 1.20 bits per heavy atom. The highest BCUT2D eigenvalue weighted by Crippen LogP contribution is 2.31. The van der Waals surface area contributed by atoms with E-state index in [2.05, 4.69) is 40.8 Å². The maximum atomic E-state index is 14.2. The van der Waals surface area contributed by atoms with Gasteiger partial charge >= 0.3 is 0 Å². The fourth-order valence-corrected chi connectivity index (χ4v) is 6.05. The zero-order valence-corrected chi connectivity index (χ0v) is 30.4. The van der Waals surface area contributed by atoms with Crippen molar-refractivity contribution in [1.82, 2.24) is 39.5 Å². The van der Waals surface area contributed by atoms with Gasteiger partial charge in [0.2, 0.25) is 11.8 Å². The Morgan fingerprint density at radius 1 is 0.661 bits per heavy atom. The molecule has 0 atom stereocenters. The van der Waals surface area contributed by atoms with Crippen LogP contribution in [0.3, 0.4) is 0 Å². The lowest BCUT2D eigenvalue weighted by Gasteiger charge is -2.11. The highest BCUT2D eigenvalue weighted by Gasteiger charge is 2.14. The number of carbonyl (C=O) groups is 2.